The summed E-state index contributed by atoms with van der Waals surface area (Å²) in [4.78, 5) is 27.6. The molecule has 0 aliphatic rings. The van der Waals surface area contributed by atoms with Crippen LogP contribution in [0.1, 0.15) is 21.5 Å². The minimum Gasteiger partial charge on any atom is -0.504 e. The van der Waals surface area contributed by atoms with Crippen LogP contribution in [0.25, 0.3) is 6.08 Å². The molecule has 3 rings (SSSR count). The number of aromatic hydroxyl groups is 1. The Hall–Kier alpha value is -3.86. The van der Waals surface area contributed by atoms with Gasteiger partial charge in [0.15, 0.2) is 11.5 Å². The number of ether oxygens (including phenoxy) is 1. The molecule has 0 bridgehead atoms. The van der Waals surface area contributed by atoms with E-state index < -0.39 is 11.8 Å². The number of carbonyl (C=O) groups is 2. The summed E-state index contributed by atoms with van der Waals surface area (Å²) in [5.74, 6) is -0.689. The summed E-state index contributed by atoms with van der Waals surface area (Å²) in [6.07, 6.45) is 3.00. The number of phenols is 1. The fourth-order valence-electron chi connectivity index (χ4n) is 3.03. The fraction of sp³-hybridized carbons (Fsp3) is 0.115. The number of hydrogen-bond donors (Lipinski definition) is 3. The number of benzene rings is 3. The number of phenolic OH excluding ortho intramolecular Hbond substituents is 1. The molecule has 0 heterocycles. The molecule has 35 heavy (non-hydrogen) atoms. The summed E-state index contributed by atoms with van der Waals surface area (Å²) in [6.45, 7) is 0. The molecule has 0 unspecified atom stereocenters. The highest BCUT2D eigenvalue weighted by Gasteiger charge is 2.14. The lowest BCUT2D eigenvalue weighted by Crippen LogP contribution is -2.32. The van der Waals surface area contributed by atoms with Gasteiger partial charge in [-0.25, -0.2) is 5.43 Å². The predicted octanol–water partition coefficient (Wildman–Crippen LogP) is 3.99. The van der Waals surface area contributed by atoms with Crippen LogP contribution < -0.4 is 20.4 Å². The molecule has 0 aliphatic heterocycles. The van der Waals surface area contributed by atoms with E-state index in [1.54, 1.807) is 48.5 Å². The van der Waals surface area contributed by atoms with Crippen molar-refractivity contribution in [2.24, 2.45) is 5.10 Å². The van der Waals surface area contributed by atoms with Crippen LogP contribution in [-0.2, 0) is 4.79 Å². The van der Waals surface area contributed by atoms with E-state index in [1.807, 2.05) is 65.9 Å². The number of hydrazone groups is 1. The smallest absolute Gasteiger partial charge is 0.287 e. The number of halogens is 1. The molecule has 0 aromatic heterocycles. The van der Waals surface area contributed by atoms with Crippen molar-refractivity contribution in [1.29, 1.82) is 0 Å². The molecule has 8 nitrogen and oxygen atoms in total. The Balaban J connectivity index is 1.83. The lowest BCUT2D eigenvalue weighted by molar-refractivity contribution is -0.117. The topological polar surface area (TPSA) is 103 Å². The molecule has 0 atom stereocenters. The Morgan fingerprint density at radius 2 is 1.71 bits per heavy atom. The third kappa shape index (κ3) is 7.06. The summed E-state index contributed by atoms with van der Waals surface area (Å²) in [5.41, 5.74) is 5.25. The molecule has 2 amide bonds. The highest BCUT2D eigenvalue weighted by Crippen LogP contribution is 2.31. The molecule has 3 N–H and O–H groups in total. The molecule has 0 saturated carbocycles. The van der Waals surface area contributed by atoms with Crippen molar-refractivity contribution >= 4 is 52.4 Å². The summed E-state index contributed by atoms with van der Waals surface area (Å²) < 4.78 is 5.72. The van der Waals surface area contributed by atoms with Crippen LogP contribution in [0.3, 0.4) is 0 Å². The second-order valence-electron chi connectivity index (χ2n) is 7.62. The monoisotopic (exact) mass is 584 g/mol. The second kappa shape index (κ2) is 12.0. The fourth-order valence-corrected chi connectivity index (χ4v) is 3.65. The molecule has 3 aromatic carbocycles. The Morgan fingerprint density at radius 1 is 1.03 bits per heavy atom. The van der Waals surface area contributed by atoms with Crippen LogP contribution in [-0.4, -0.2) is 44.3 Å². The molecule has 9 heteroatoms. The SMILES string of the molecule is COc1cc(/C=N\NC(=O)/C(=C/c2ccc(N(C)C)cc2)NC(=O)c2ccccc2)cc(I)c1O. The van der Waals surface area contributed by atoms with Crippen LogP contribution in [0.4, 0.5) is 5.69 Å². The van der Waals surface area contributed by atoms with Gasteiger partial charge in [-0.2, -0.15) is 5.10 Å². The van der Waals surface area contributed by atoms with Crippen LogP contribution in [0.5, 0.6) is 11.5 Å². The van der Waals surface area contributed by atoms with Gasteiger partial charge in [0.25, 0.3) is 11.8 Å². The van der Waals surface area contributed by atoms with E-state index in [0.717, 1.165) is 11.3 Å². The number of hydrogen-bond acceptors (Lipinski definition) is 6. The molecule has 0 radical (unpaired) electrons. The molecular weight excluding hydrogens is 559 g/mol. The van der Waals surface area contributed by atoms with Crippen molar-refractivity contribution in [2.75, 3.05) is 26.1 Å². The van der Waals surface area contributed by atoms with Crippen molar-refractivity contribution in [3.05, 3.63) is 92.7 Å². The Bertz CT molecular complexity index is 1260. The Kier molecular flexibility index (Phi) is 8.85. The van der Waals surface area contributed by atoms with E-state index >= 15 is 0 Å². The number of methoxy groups -OCH3 is 1. The van der Waals surface area contributed by atoms with Gasteiger partial charge in [0, 0.05) is 25.3 Å². The zero-order valence-corrected chi connectivity index (χ0v) is 21.6. The molecule has 0 saturated heterocycles. The maximum Gasteiger partial charge on any atom is 0.287 e. The van der Waals surface area contributed by atoms with Crippen LogP contribution >= 0.6 is 22.6 Å². The number of anilines is 1. The van der Waals surface area contributed by atoms with Gasteiger partial charge >= 0.3 is 0 Å². The van der Waals surface area contributed by atoms with Crippen LogP contribution in [0.2, 0.25) is 0 Å². The van der Waals surface area contributed by atoms with E-state index in [4.69, 9.17) is 4.74 Å². The first-order valence-electron chi connectivity index (χ1n) is 10.5. The molecule has 0 spiro atoms. The third-order valence-electron chi connectivity index (χ3n) is 4.90. The van der Waals surface area contributed by atoms with Crippen LogP contribution in [0.15, 0.2) is 77.5 Å². The van der Waals surface area contributed by atoms with Crippen molar-refractivity contribution in [3.8, 4) is 11.5 Å². The number of nitrogens with zero attached hydrogens (tertiary/aromatic N) is 2. The highest BCUT2D eigenvalue weighted by molar-refractivity contribution is 14.1. The first-order chi connectivity index (χ1) is 16.8. The summed E-state index contributed by atoms with van der Waals surface area (Å²) in [6, 6.07) is 19.4. The quantitative estimate of drug-likeness (QED) is 0.161. The standard InChI is InChI=1S/C26H25IN4O4/c1-31(2)20-11-9-17(10-12-20)14-22(29-25(33)19-7-5-4-6-8-19)26(34)30-28-16-18-13-21(27)24(32)23(15-18)35-3/h4-16,32H,1-3H3,(H,29,33)(H,30,34)/b22-14-,28-16-. The number of nitrogens with one attached hydrogen (secondary N) is 2. The summed E-state index contributed by atoms with van der Waals surface area (Å²) >= 11 is 1.97. The molecule has 0 aliphatic carbocycles. The van der Waals surface area contributed by atoms with Crippen molar-refractivity contribution in [1.82, 2.24) is 10.7 Å². The molecule has 0 fully saturated rings. The maximum absolute atomic E-state index is 12.9. The minimum absolute atomic E-state index is 0.0309. The van der Waals surface area contributed by atoms with Crippen molar-refractivity contribution in [3.63, 3.8) is 0 Å². The van der Waals surface area contributed by atoms with Crippen LogP contribution in [0, 0.1) is 3.57 Å². The lowest BCUT2D eigenvalue weighted by Gasteiger charge is -2.12. The number of carbonyl (C=O) groups excluding carboxylic acids is 2. The van der Waals surface area contributed by atoms with Gasteiger partial charge in [-0.3, -0.25) is 9.59 Å². The third-order valence-corrected chi connectivity index (χ3v) is 5.72. The largest absolute Gasteiger partial charge is 0.504 e. The maximum atomic E-state index is 12.9. The minimum atomic E-state index is -0.595. The van der Waals surface area contributed by atoms with E-state index in [2.05, 4.69) is 15.8 Å². The lowest BCUT2D eigenvalue weighted by atomic mass is 10.1. The van der Waals surface area contributed by atoms with Gasteiger partial charge in [0.05, 0.1) is 16.9 Å². The van der Waals surface area contributed by atoms with E-state index in [-0.39, 0.29) is 11.4 Å². The predicted molar refractivity (Wildman–Crippen MR) is 146 cm³/mol. The molecular formula is C26H25IN4O4. The van der Waals surface area contributed by atoms with Gasteiger partial charge in [0.1, 0.15) is 5.70 Å². The van der Waals surface area contributed by atoms with Gasteiger partial charge in [-0.15, -0.1) is 0 Å². The average molecular weight is 584 g/mol. The van der Waals surface area contributed by atoms with Gasteiger partial charge < -0.3 is 20.1 Å². The second-order valence-corrected chi connectivity index (χ2v) is 8.78. The zero-order chi connectivity index (χ0) is 25.4. The average Bonchev–Trinajstić information content (AvgIpc) is 2.86. The molecule has 180 valence electrons. The first-order valence-corrected chi connectivity index (χ1v) is 11.6. The normalized spacial score (nSPS) is 11.3. The van der Waals surface area contributed by atoms with Crippen molar-refractivity contribution < 1.29 is 19.4 Å². The van der Waals surface area contributed by atoms with Crippen molar-refractivity contribution in [2.45, 2.75) is 0 Å². The summed E-state index contributed by atoms with van der Waals surface area (Å²) in [7, 11) is 5.32. The van der Waals surface area contributed by atoms with Gasteiger partial charge in [-0.1, -0.05) is 30.3 Å². The first kappa shape index (κ1) is 25.8. The number of amides is 2. The van der Waals surface area contributed by atoms with Gasteiger partial charge in [-0.05, 0) is 76.2 Å². The zero-order valence-electron chi connectivity index (χ0n) is 19.4. The highest BCUT2D eigenvalue weighted by atomic mass is 127. The summed E-state index contributed by atoms with van der Waals surface area (Å²) in [5, 5.41) is 16.7. The Labute approximate surface area is 217 Å². The van der Waals surface area contributed by atoms with E-state index in [9.17, 15) is 14.7 Å². The van der Waals surface area contributed by atoms with E-state index in [1.165, 1.54) is 13.3 Å². The van der Waals surface area contributed by atoms with E-state index in [0.29, 0.717) is 20.4 Å². The van der Waals surface area contributed by atoms with Gasteiger partial charge in [0.2, 0.25) is 0 Å². The Morgan fingerprint density at radius 3 is 2.34 bits per heavy atom. The molecule has 3 aromatic rings. The number of rotatable bonds is 8.